The molecule has 2 saturated heterocycles. The van der Waals surface area contributed by atoms with Crippen LogP contribution in [0.2, 0.25) is 0 Å². The fourth-order valence-electron chi connectivity index (χ4n) is 3.37. The molecule has 24 heavy (non-hydrogen) atoms. The molecule has 0 aromatic heterocycles. The van der Waals surface area contributed by atoms with Gasteiger partial charge in [-0.05, 0) is 56.6 Å². The van der Waals surface area contributed by atoms with Gasteiger partial charge in [-0.2, -0.15) is 0 Å². The van der Waals surface area contributed by atoms with E-state index in [1.807, 2.05) is 12.1 Å². The molecule has 1 atom stereocenters. The van der Waals surface area contributed by atoms with Crippen molar-refractivity contribution < 1.29 is 4.79 Å². The van der Waals surface area contributed by atoms with Crippen LogP contribution in [-0.4, -0.2) is 37.0 Å². The molecule has 2 aliphatic rings. The molecule has 0 aliphatic carbocycles. The van der Waals surface area contributed by atoms with Gasteiger partial charge in [-0.3, -0.25) is 9.69 Å². The maximum Gasteiger partial charge on any atom is 0.228 e. The quantitative estimate of drug-likeness (QED) is 0.849. The average molecular weight is 374 g/mol. The number of hydrogen-bond acceptors (Lipinski definition) is 3. The van der Waals surface area contributed by atoms with Crippen molar-refractivity contribution >= 4 is 36.4 Å². The van der Waals surface area contributed by atoms with Crippen LogP contribution in [0.25, 0.3) is 0 Å². The summed E-state index contributed by atoms with van der Waals surface area (Å²) < 4.78 is 0. The van der Waals surface area contributed by atoms with E-state index in [0.29, 0.717) is 0 Å². The zero-order valence-corrected chi connectivity index (χ0v) is 15.8. The van der Waals surface area contributed by atoms with E-state index in [2.05, 4.69) is 27.7 Å². The molecule has 2 heterocycles. The maximum absolute atomic E-state index is 12.1. The monoisotopic (exact) mass is 373 g/mol. The van der Waals surface area contributed by atoms with Gasteiger partial charge in [-0.25, -0.2) is 0 Å². The summed E-state index contributed by atoms with van der Waals surface area (Å²) in [4.78, 5) is 14.6. The Balaban J connectivity index is 0.00000144. The highest BCUT2D eigenvalue weighted by Crippen LogP contribution is 2.17. The van der Waals surface area contributed by atoms with E-state index in [1.165, 1.54) is 44.3 Å². The number of nitrogens with one attached hydrogen (secondary N) is 2. The first-order chi connectivity index (χ1) is 10.8. The fraction of sp³-hybridized carbons (Fsp3) is 0.611. The van der Waals surface area contributed by atoms with E-state index in [0.717, 1.165) is 31.7 Å². The molecular formula is C18H29Cl2N3O. The second-order valence-electron chi connectivity index (χ2n) is 6.57. The molecular weight excluding hydrogens is 345 g/mol. The summed E-state index contributed by atoms with van der Waals surface area (Å²) in [5.74, 6) is 0.266. The van der Waals surface area contributed by atoms with Crippen LogP contribution in [0.4, 0.5) is 5.69 Å². The molecule has 2 aliphatic heterocycles. The normalized spacial score (nSPS) is 21.2. The summed E-state index contributed by atoms with van der Waals surface area (Å²) in [5.41, 5.74) is 2.25. The number of nitrogens with zero attached hydrogens (tertiary/aromatic N) is 1. The minimum absolute atomic E-state index is 0. The Morgan fingerprint density at radius 1 is 1.08 bits per heavy atom. The lowest BCUT2D eigenvalue weighted by atomic mass is 10.1. The molecule has 0 spiro atoms. The van der Waals surface area contributed by atoms with Gasteiger partial charge in [0.05, 0.1) is 5.92 Å². The Kier molecular flexibility index (Phi) is 9.67. The van der Waals surface area contributed by atoms with Crippen LogP contribution in [0.15, 0.2) is 24.3 Å². The molecule has 1 aromatic rings. The Morgan fingerprint density at radius 3 is 2.33 bits per heavy atom. The van der Waals surface area contributed by atoms with Crippen LogP contribution in [0.1, 0.15) is 37.7 Å². The molecule has 136 valence electrons. The van der Waals surface area contributed by atoms with Gasteiger partial charge in [-0.15, -0.1) is 24.8 Å². The van der Waals surface area contributed by atoms with E-state index in [1.54, 1.807) is 0 Å². The zero-order valence-electron chi connectivity index (χ0n) is 14.1. The number of likely N-dealkylation sites (tertiary alicyclic amines) is 1. The Hall–Kier alpha value is -0.810. The van der Waals surface area contributed by atoms with E-state index < -0.39 is 0 Å². The average Bonchev–Trinajstić information content (AvgIpc) is 2.95. The molecule has 0 saturated carbocycles. The molecule has 3 rings (SSSR count). The Morgan fingerprint density at radius 2 is 1.75 bits per heavy atom. The van der Waals surface area contributed by atoms with Crippen LogP contribution in [0, 0.1) is 5.92 Å². The molecule has 0 bridgehead atoms. The first-order valence-corrected chi connectivity index (χ1v) is 8.64. The highest BCUT2D eigenvalue weighted by molar-refractivity contribution is 5.92. The number of benzene rings is 1. The van der Waals surface area contributed by atoms with Crippen LogP contribution < -0.4 is 10.6 Å². The van der Waals surface area contributed by atoms with Crippen LogP contribution in [0.5, 0.6) is 0 Å². The van der Waals surface area contributed by atoms with E-state index in [-0.39, 0.29) is 36.6 Å². The first-order valence-electron chi connectivity index (χ1n) is 8.64. The highest BCUT2D eigenvalue weighted by Gasteiger charge is 2.22. The Bertz CT molecular complexity index is 482. The minimum Gasteiger partial charge on any atom is -0.326 e. The van der Waals surface area contributed by atoms with Crippen molar-refractivity contribution in [2.45, 2.75) is 38.6 Å². The predicted octanol–water partition coefficient (Wildman–Crippen LogP) is 3.45. The predicted molar refractivity (Wildman–Crippen MR) is 104 cm³/mol. The number of carbonyl (C=O) groups is 1. The fourth-order valence-corrected chi connectivity index (χ4v) is 3.37. The molecule has 1 unspecified atom stereocenters. The molecule has 0 radical (unpaired) electrons. The SMILES string of the molecule is Cl.Cl.O=C(Nc1ccc(CN2CCCCCC2)cc1)C1CCNC1. The third-order valence-corrected chi connectivity index (χ3v) is 4.76. The van der Waals surface area contributed by atoms with Crippen LogP contribution in [-0.2, 0) is 11.3 Å². The number of amides is 1. The summed E-state index contributed by atoms with van der Waals surface area (Å²) >= 11 is 0. The maximum atomic E-state index is 12.1. The second-order valence-corrected chi connectivity index (χ2v) is 6.57. The summed E-state index contributed by atoms with van der Waals surface area (Å²) in [5, 5.41) is 6.26. The lowest BCUT2D eigenvalue weighted by molar-refractivity contribution is -0.119. The molecule has 1 aromatic carbocycles. The van der Waals surface area contributed by atoms with Crippen LogP contribution in [0.3, 0.4) is 0 Å². The number of halogens is 2. The van der Waals surface area contributed by atoms with Crippen molar-refractivity contribution in [3.8, 4) is 0 Å². The van der Waals surface area contributed by atoms with Crippen molar-refractivity contribution in [3.05, 3.63) is 29.8 Å². The molecule has 2 N–H and O–H groups in total. The van der Waals surface area contributed by atoms with E-state index >= 15 is 0 Å². The minimum atomic E-state index is 0. The number of carbonyl (C=O) groups excluding carboxylic acids is 1. The second kappa shape index (κ2) is 10.9. The van der Waals surface area contributed by atoms with Crippen molar-refractivity contribution in [3.63, 3.8) is 0 Å². The number of anilines is 1. The van der Waals surface area contributed by atoms with Gasteiger partial charge >= 0.3 is 0 Å². The summed E-state index contributed by atoms with van der Waals surface area (Å²) in [6, 6.07) is 8.36. The lowest BCUT2D eigenvalue weighted by Crippen LogP contribution is -2.25. The molecule has 1 amide bonds. The van der Waals surface area contributed by atoms with Gasteiger partial charge in [-0.1, -0.05) is 25.0 Å². The van der Waals surface area contributed by atoms with Gasteiger partial charge in [0.1, 0.15) is 0 Å². The van der Waals surface area contributed by atoms with Gasteiger partial charge in [0, 0.05) is 18.8 Å². The zero-order chi connectivity index (χ0) is 15.2. The van der Waals surface area contributed by atoms with Crippen molar-refractivity contribution in [1.82, 2.24) is 10.2 Å². The molecule has 2 fully saturated rings. The van der Waals surface area contributed by atoms with Crippen molar-refractivity contribution in [2.24, 2.45) is 5.92 Å². The Labute approximate surface area is 157 Å². The highest BCUT2D eigenvalue weighted by atomic mass is 35.5. The van der Waals surface area contributed by atoms with Crippen molar-refractivity contribution in [2.75, 3.05) is 31.5 Å². The van der Waals surface area contributed by atoms with E-state index in [4.69, 9.17) is 0 Å². The first kappa shape index (κ1) is 21.2. The molecule has 6 heteroatoms. The summed E-state index contributed by atoms with van der Waals surface area (Å²) in [6.45, 7) is 5.22. The van der Waals surface area contributed by atoms with Crippen molar-refractivity contribution in [1.29, 1.82) is 0 Å². The van der Waals surface area contributed by atoms with Crippen LogP contribution >= 0.6 is 24.8 Å². The van der Waals surface area contributed by atoms with Gasteiger partial charge < -0.3 is 10.6 Å². The van der Waals surface area contributed by atoms with E-state index in [9.17, 15) is 4.79 Å². The summed E-state index contributed by atoms with van der Waals surface area (Å²) in [6.07, 6.45) is 6.33. The smallest absolute Gasteiger partial charge is 0.228 e. The number of hydrogen-bond donors (Lipinski definition) is 2. The number of rotatable bonds is 4. The molecule has 4 nitrogen and oxygen atoms in total. The standard InChI is InChI=1S/C18H27N3O.2ClH/c22-18(16-9-10-19-13-16)20-17-7-5-15(6-8-17)14-21-11-3-1-2-4-12-21;;/h5-8,16,19H,1-4,9-14H2,(H,20,22);2*1H. The largest absolute Gasteiger partial charge is 0.326 e. The van der Waals surface area contributed by atoms with Gasteiger partial charge in [0.15, 0.2) is 0 Å². The topological polar surface area (TPSA) is 44.4 Å². The lowest BCUT2D eigenvalue weighted by Gasteiger charge is -2.20. The third-order valence-electron chi connectivity index (χ3n) is 4.76. The summed E-state index contributed by atoms with van der Waals surface area (Å²) in [7, 11) is 0. The van der Waals surface area contributed by atoms with Gasteiger partial charge in [0.2, 0.25) is 5.91 Å². The van der Waals surface area contributed by atoms with Gasteiger partial charge in [0.25, 0.3) is 0 Å². The third kappa shape index (κ3) is 6.25.